The van der Waals surface area contributed by atoms with Crippen molar-refractivity contribution in [2.24, 2.45) is 11.7 Å². The van der Waals surface area contributed by atoms with Gasteiger partial charge in [0.1, 0.15) is 6.04 Å². The van der Waals surface area contributed by atoms with Crippen molar-refractivity contribution in [1.82, 2.24) is 9.80 Å². The molecule has 2 N–H and O–H groups in total. The molecule has 1 aliphatic heterocycles. The van der Waals surface area contributed by atoms with Crippen LogP contribution in [0.2, 0.25) is 0 Å². The third-order valence-corrected chi connectivity index (χ3v) is 4.01. The van der Waals surface area contributed by atoms with Gasteiger partial charge in [-0.05, 0) is 18.4 Å². The maximum absolute atomic E-state index is 12.5. The highest BCUT2D eigenvalue weighted by molar-refractivity contribution is 5.85. The zero-order chi connectivity index (χ0) is 15.4. The standard InChI is InChI=1S/C17H27N3O.2ClH/c1-13(2)12-19-8-10-20(11-9-19)17(21)16(18)15-6-4-14(3)5-7-15;;/h4-7,13,16H,8-12,18H2,1-3H3;2*1H. The van der Waals surface area contributed by atoms with Gasteiger partial charge in [-0.1, -0.05) is 43.7 Å². The summed E-state index contributed by atoms with van der Waals surface area (Å²) in [5.74, 6) is 0.713. The van der Waals surface area contributed by atoms with E-state index in [4.69, 9.17) is 5.73 Å². The van der Waals surface area contributed by atoms with E-state index in [1.807, 2.05) is 36.1 Å². The molecule has 1 heterocycles. The Morgan fingerprint density at radius 1 is 1.09 bits per heavy atom. The fourth-order valence-corrected chi connectivity index (χ4v) is 2.78. The SMILES string of the molecule is Cc1ccc(C(N)C(=O)N2CCN(CC(C)C)CC2)cc1.Cl.Cl. The van der Waals surface area contributed by atoms with Gasteiger partial charge in [-0.15, -0.1) is 24.8 Å². The molecule has 0 radical (unpaired) electrons. The summed E-state index contributed by atoms with van der Waals surface area (Å²) in [4.78, 5) is 16.8. The van der Waals surface area contributed by atoms with E-state index in [-0.39, 0.29) is 30.7 Å². The number of halogens is 2. The maximum Gasteiger partial charge on any atom is 0.244 e. The van der Waals surface area contributed by atoms with E-state index in [0.717, 1.165) is 38.3 Å². The molecule has 0 aromatic heterocycles. The summed E-state index contributed by atoms with van der Waals surface area (Å²) in [7, 11) is 0. The summed E-state index contributed by atoms with van der Waals surface area (Å²) in [6.07, 6.45) is 0. The lowest BCUT2D eigenvalue weighted by Crippen LogP contribution is -2.51. The third kappa shape index (κ3) is 6.30. The second-order valence-corrected chi connectivity index (χ2v) is 6.41. The number of carbonyl (C=O) groups excluding carboxylic acids is 1. The van der Waals surface area contributed by atoms with Crippen LogP contribution in [0.5, 0.6) is 0 Å². The molecule has 1 aliphatic rings. The third-order valence-electron chi connectivity index (χ3n) is 4.01. The molecule has 0 saturated carbocycles. The van der Waals surface area contributed by atoms with Gasteiger partial charge in [0.05, 0.1) is 0 Å². The van der Waals surface area contributed by atoms with E-state index in [1.165, 1.54) is 5.56 Å². The van der Waals surface area contributed by atoms with Gasteiger partial charge in [0, 0.05) is 32.7 Å². The minimum Gasteiger partial charge on any atom is -0.338 e. The minimum absolute atomic E-state index is 0. The van der Waals surface area contributed by atoms with Crippen molar-refractivity contribution in [1.29, 1.82) is 0 Å². The van der Waals surface area contributed by atoms with Gasteiger partial charge in [-0.3, -0.25) is 9.69 Å². The van der Waals surface area contributed by atoms with Crippen LogP contribution in [-0.2, 0) is 4.79 Å². The zero-order valence-electron chi connectivity index (χ0n) is 14.2. The largest absolute Gasteiger partial charge is 0.338 e. The number of amides is 1. The van der Waals surface area contributed by atoms with Crippen LogP contribution >= 0.6 is 24.8 Å². The van der Waals surface area contributed by atoms with Crippen LogP contribution in [0.15, 0.2) is 24.3 Å². The lowest BCUT2D eigenvalue weighted by atomic mass is 10.0. The molecular formula is C17H29Cl2N3O. The molecule has 0 bridgehead atoms. The first-order chi connectivity index (χ1) is 9.97. The van der Waals surface area contributed by atoms with Gasteiger partial charge in [0.2, 0.25) is 5.91 Å². The Balaban J connectivity index is 0.00000242. The second kappa shape index (κ2) is 10.1. The molecule has 6 heteroatoms. The molecule has 1 saturated heterocycles. The highest BCUT2D eigenvalue weighted by Crippen LogP contribution is 2.16. The molecule has 4 nitrogen and oxygen atoms in total. The number of rotatable bonds is 4. The Bertz CT molecular complexity index is 471. The number of hydrogen-bond acceptors (Lipinski definition) is 3. The van der Waals surface area contributed by atoms with Gasteiger partial charge in [-0.2, -0.15) is 0 Å². The molecule has 1 fully saturated rings. The topological polar surface area (TPSA) is 49.6 Å². The molecule has 0 spiro atoms. The van der Waals surface area contributed by atoms with E-state index in [2.05, 4.69) is 18.7 Å². The number of carbonyl (C=O) groups is 1. The first kappa shape index (κ1) is 22.2. The monoisotopic (exact) mass is 361 g/mol. The van der Waals surface area contributed by atoms with Gasteiger partial charge < -0.3 is 10.6 Å². The average molecular weight is 362 g/mol. The highest BCUT2D eigenvalue weighted by atomic mass is 35.5. The van der Waals surface area contributed by atoms with E-state index in [1.54, 1.807) is 0 Å². The van der Waals surface area contributed by atoms with Gasteiger partial charge in [0.25, 0.3) is 0 Å². The quantitative estimate of drug-likeness (QED) is 0.896. The van der Waals surface area contributed by atoms with Gasteiger partial charge in [-0.25, -0.2) is 0 Å². The summed E-state index contributed by atoms with van der Waals surface area (Å²) in [5, 5.41) is 0. The fraction of sp³-hybridized carbons (Fsp3) is 0.588. The van der Waals surface area contributed by atoms with Crippen LogP contribution in [-0.4, -0.2) is 48.4 Å². The average Bonchev–Trinajstić information content (AvgIpc) is 2.47. The number of benzene rings is 1. The Labute approximate surface area is 152 Å². The van der Waals surface area contributed by atoms with Crippen molar-refractivity contribution in [3.63, 3.8) is 0 Å². The molecule has 1 atom stereocenters. The molecule has 1 aromatic carbocycles. The van der Waals surface area contributed by atoms with Crippen LogP contribution in [0.4, 0.5) is 0 Å². The fourth-order valence-electron chi connectivity index (χ4n) is 2.78. The number of nitrogens with two attached hydrogens (primary N) is 1. The van der Waals surface area contributed by atoms with Gasteiger partial charge >= 0.3 is 0 Å². The molecule has 23 heavy (non-hydrogen) atoms. The first-order valence-electron chi connectivity index (χ1n) is 7.80. The van der Waals surface area contributed by atoms with E-state index >= 15 is 0 Å². The number of piperazine rings is 1. The summed E-state index contributed by atoms with van der Waals surface area (Å²) < 4.78 is 0. The zero-order valence-corrected chi connectivity index (χ0v) is 15.8. The first-order valence-corrected chi connectivity index (χ1v) is 7.80. The normalized spacial score (nSPS) is 16.5. The lowest BCUT2D eigenvalue weighted by Gasteiger charge is -2.36. The van der Waals surface area contributed by atoms with E-state index < -0.39 is 6.04 Å². The molecule has 2 rings (SSSR count). The van der Waals surface area contributed by atoms with Crippen molar-refractivity contribution < 1.29 is 4.79 Å². The Morgan fingerprint density at radius 3 is 2.09 bits per heavy atom. The van der Waals surface area contributed by atoms with Crippen LogP contribution in [0.25, 0.3) is 0 Å². The summed E-state index contributed by atoms with van der Waals surface area (Å²) in [6.45, 7) is 11.1. The predicted molar refractivity (Wildman–Crippen MR) is 100 cm³/mol. The van der Waals surface area contributed by atoms with Crippen LogP contribution in [0.3, 0.4) is 0 Å². The van der Waals surface area contributed by atoms with Crippen LogP contribution in [0.1, 0.15) is 31.0 Å². The van der Waals surface area contributed by atoms with Crippen molar-refractivity contribution in [3.8, 4) is 0 Å². The van der Waals surface area contributed by atoms with Crippen molar-refractivity contribution in [2.75, 3.05) is 32.7 Å². The molecule has 1 amide bonds. The molecular weight excluding hydrogens is 333 g/mol. The van der Waals surface area contributed by atoms with Crippen molar-refractivity contribution >= 4 is 30.7 Å². The van der Waals surface area contributed by atoms with Crippen molar-refractivity contribution in [3.05, 3.63) is 35.4 Å². The van der Waals surface area contributed by atoms with Crippen LogP contribution < -0.4 is 5.73 Å². The number of hydrogen-bond donors (Lipinski definition) is 1. The van der Waals surface area contributed by atoms with Crippen LogP contribution in [0, 0.1) is 12.8 Å². The lowest BCUT2D eigenvalue weighted by molar-refractivity contribution is -0.134. The minimum atomic E-state index is -0.540. The Morgan fingerprint density at radius 2 is 1.61 bits per heavy atom. The smallest absolute Gasteiger partial charge is 0.244 e. The number of nitrogens with zero attached hydrogens (tertiary/aromatic N) is 2. The molecule has 1 aromatic rings. The Kier molecular flexibility index (Phi) is 9.78. The second-order valence-electron chi connectivity index (χ2n) is 6.41. The summed E-state index contributed by atoms with van der Waals surface area (Å²) >= 11 is 0. The summed E-state index contributed by atoms with van der Waals surface area (Å²) in [6, 6.07) is 7.37. The van der Waals surface area contributed by atoms with E-state index in [0.29, 0.717) is 5.92 Å². The maximum atomic E-state index is 12.5. The predicted octanol–water partition coefficient (Wildman–Crippen LogP) is 2.64. The molecule has 1 unspecified atom stereocenters. The van der Waals surface area contributed by atoms with Crippen molar-refractivity contribution in [2.45, 2.75) is 26.8 Å². The molecule has 132 valence electrons. The Hall–Kier alpha value is -0.810. The number of aryl methyl sites for hydroxylation is 1. The highest BCUT2D eigenvalue weighted by Gasteiger charge is 2.26. The van der Waals surface area contributed by atoms with Gasteiger partial charge in [0.15, 0.2) is 0 Å². The summed E-state index contributed by atoms with van der Waals surface area (Å²) in [5.41, 5.74) is 8.21. The molecule has 0 aliphatic carbocycles. The van der Waals surface area contributed by atoms with E-state index in [9.17, 15) is 4.79 Å².